The molecule has 6 heteroatoms. The number of rotatable bonds is 3. The molecular weight excluding hydrogens is 326 g/mol. The topological polar surface area (TPSA) is 74.8 Å². The zero-order valence-electron chi connectivity index (χ0n) is 13.6. The summed E-state index contributed by atoms with van der Waals surface area (Å²) in [6.45, 7) is 1.83. The molecule has 0 aromatic carbocycles. The van der Waals surface area contributed by atoms with Crippen LogP contribution in [-0.2, 0) is 12.8 Å². The fourth-order valence-electron chi connectivity index (χ4n) is 3.01. The average Bonchev–Trinajstić information content (AvgIpc) is 2.79. The minimum Gasteiger partial charge on any atom is -0.344 e. The Morgan fingerprint density at radius 3 is 2.83 bits per heavy atom. The predicted octanol–water partition coefficient (Wildman–Crippen LogP) is 3.18. The molecule has 0 saturated heterocycles. The van der Waals surface area contributed by atoms with Gasteiger partial charge in [0.2, 0.25) is 0 Å². The summed E-state index contributed by atoms with van der Waals surface area (Å²) in [6.07, 6.45) is 6.63. The normalized spacial score (nSPS) is 15.2. The first-order valence-electron chi connectivity index (χ1n) is 8.22. The maximum Gasteiger partial charge on any atom is 0.261 e. The minimum absolute atomic E-state index is 0.163. The number of halogens is 1. The molecule has 0 bridgehead atoms. The monoisotopic (exact) mass is 345 g/mol. The molecule has 0 saturated carbocycles. The zero-order valence-corrected chi connectivity index (χ0v) is 14.3. The van der Waals surface area contributed by atoms with Crippen LogP contribution in [0.4, 0.5) is 0 Å². The van der Waals surface area contributed by atoms with Crippen LogP contribution in [0.1, 0.15) is 59.5 Å². The van der Waals surface area contributed by atoms with Gasteiger partial charge in [-0.25, -0.2) is 0 Å². The summed E-state index contributed by atoms with van der Waals surface area (Å²) in [7, 11) is 0. The number of aromatic amines is 1. The van der Waals surface area contributed by atoms with Crippen LogP contribution >= 0.6 is 11.6 Å². The molecule has 2 aromatic rings. The third kappa shape index (κ3) is 3.67. The lowest BCUT2D eigenvalue weighted by Gasteiger charge is -2.14. The fraction of sp³-hybridized carbons (Fsp3) is 0.389. The first kappa shape index (κ1) is 16.7. The van der Waals surface area contributed by atoms with E-state index in [9.17, 15) is 9.59 Å². The summed E-state index contributed by atoms with van der Waals surface area (Å²) in [5.74, 6) is -0.382. The second-order valence-corrected chi connectivity index (χ2v) is 6.61. The highest BCUT2D eigenvalue weighted by Gasteiger charge is 2.18. The van der Waals surface area contributed by atoms with Crippen molar-refractivity contribution >= 4 is 17.5 Å². The summed E-state index contributed by atoms with van der Waals surface area (Å²) in [4.78, 5) is 31.8. The molecule has 5 nitrogen and oxygen atoms in total. The highest BCUT2D eigenvalue weighted by molar-refractivity contribution is 6.30. The van der Waals surface area contributed by atoms with Gasteiger partial charge in [-0.2, -0.15) is 0 Å². The predicted molar refractivity (Wildman–Crippen MR) is 93.4 cm³/mol. The number of hydrogen-bond donors (Lipinski definition) is 2. The Labute approximate surface area is 145 Å². The summed E-state index contributed by atoms with van der Waals surface area (Å²) < 4.78 is 0. The van der Waals surface area contributed by atoms with Crippen molar-refractivity contribution in [2.75, 3.05) is 0 Å². The molecule has 2 heterocycles. The van der Waals surface area contributed by atoms with Gasteiger partial charge in [-0.05, 0) is 56.4 Å². The molecule has 126 valence electrons. The van der Waals surface area contributed by atoms with E-state index in [0.717, 1.165) is 43.4 Å². The number of aromatic nitrogens is 2. The Morgan fingerprint density at radius 2 is 2.08 bits per heavy atom. The van der Waals surface area contributed by atoms with Crippen LogP contribution in [0.25, 0.3) is 0 Å². The second kappa shape index (κ2) is 7.18. The number of amides is 1. The number of fused-ring (bicyclic) bond motifs is 1. The Bertz CT molecular complexity index is 799. The molecule has 3 rings (SSSR count). The van der Waals surface area contributed by atoms with Gasteiger partial charge in [0.05, 0.1) is 16.8 Å². The van der Waals surface area contributed by atoms with Gasteiger partial charge in [0.25, 0.3) is 11.5 Å². The third-order valence-electron chi connectivity index (χ3n) is 4.37. The van der Waals surface area contributed by atoms with Crippen LogP contribution < -0.4 is 10.9 Å². The van der Waals surface area contributed by atoms with Crippen molar-refractivity contribution in [3.63, 3.8) is 0 Å². The van der Waals surface area contributed by atoms with Gasteiger partial charge in [0, 0.05) is 11.9 Å². The van der Waals surface area contributed by atoms with E-state index < -0.39 is 0 Å². The molecule has 2 N–H and O–H groups in total. The molecule has 0 aliphatic heterocycles. The molecule has 0 fully saturated rings. The van der Waals surface area contributed by atoms with E-state index >= 15 is 0 Å². The number of nitrogens with zero attached hydrogens (tertiary/aromatic N) is 1. The SMILES string of the molecule is C[C@H](NC(=O)c1cc2c([nH]c1=O)CCCCC2)c1ccc(Cl)cn1. The Balaban J connectivity index is 1.81. The average molecular weight is 346 g/mol. The number of hydrogen-bond acceptors (Lipinski definition) is 3. The first-order chi connectivity index (χ1) is 11.5. The lowest BCUT2D eigenvalue weighted by Crippen LogP contribution is -2.32. The molecule has 1 aliphatic rings. The highest BCUT2D eigenvalue weighted by Crippen LogP contribution is 2.19. The van der Waals surface area contributed by atoms with E-state index in [4.69, 9.17) is 11.6 Å². The quantitative estimate of drug-likeness (QED) is 0.839. The number of aryl methyl sites for hydroxylation is 2. The number of H-pyrrole nitrogens is 1. The fourth-order valence-corrected chi connectivity index (χ4v) is 3.12. The molecule has 0 unspecified atom stereocenters. The lowest BCUT2D eigenvalue weighted by molar-refractivity contribution is 0.0937. The minimum atomic E-state index is -0.382. The summed E-state index contributed by atoms with van der Waals surface area (Å²) in [5.41, 5.74) is 2.58. The smallest absolute Gasteiger partial charge is 0.261 e. The van der Waals surface area contributed by atoms with Crippen LogP contribution in [0.15, 0.2) is 29.2 Å². The van der Waals surface area contributed by atoms with Crippen LogP contribution in [0.3, 0.4) is 0 Å². The number of carbonyl (C=O) groups excluding carboxylic acids is 1. The molecule has 24 heavy (non-hydrogen) atoms. The number of pyridine rings is 2. The molecule has 2 aromatic heterocycles. The number of nitrogens with one attached hydrogen (secondary N) is 2. The third-order valence-corrected chi connectivity index (χ3v) is 4.60. The van der Waals surface area contributed by atoms with Crippen molar-refractivity contribution < 1.29 is 4.79 Å². The van der Waals surface area contributed by atoms with Crippen LogP contribution in [0.5, 0.6) is 0 Å². The Kier molecular flexibility index (Phi) is 5.00. The summed E-state index contributed by atoms with van der Waals surface area (Å²) in [6, 6.07) is 4.92. The van der Waals surface area contributed by atoms with Crippen LogP contribution in [0.2, 0.25) is 5.02 Å². The molecule has 1 amide bonds. The van der Waals surface area contributed by atoms with E-state index in [1.165, 1.54) is 6.20 Å². The molecule has 0 radical (unpaired) electrons. The van der Waals surface area contributed by atoms with E-state index in [0.29, 0.717) is 10.7 Å². The standard InChI is InChI=1S/C18H20ClN3O2/c1-11(15-8-7-13(19)10-20-15)21-17(23)14-9-12-5-3-2-4-6-16(12)22-18(14)24/h7-11H,2-6H2,1H3,(H,21,23)(H,22,24)/t11-/m0/s1. The highest BCUT2D eigenvalue weighted by atomic mass is 35.5. The zero-order chi connectivity index (χ0) is 17.1. The van der Waals surface area contributed by atoms with Crippen molar-refractivity contribution in [1.29, 1.82) is 0 Å². The summed E-state index contributed by atoms with van der Waals surface area (Å²) in [5, 5.41) is 3.37. The van der Waals surface area contributed by atoms with E-state index in [1.807, 2.05) is 6.92 Å². The van der Waals surface area contributed by atoms with Gasteiger partial charge in [-0.1, -0.05) is 18.0 Å². The van der Waals surface area contributed by atoms with Gasteiger partial charge in [-0.3, -0.25) is 14.6 Å². The van der Waals surface area contributed by atoms with E-state index in [1.54, 1.807) is 18.2 Å². The Morgan fingerprint density at radius 1 is 1.29 bits per heavy atom. The maximum absolute atomic E-state index is 12.5. The second-order valence-electron chi connectivity index (χ2n) is 6.17. The lowest BCUT2D eigenvalue weighted by atomic mass is 10.1. The summed E-state index contributed by atoms with van der Waals surface area (Å²) >= 11 is 5.82. The van der Waals surface area contributed by atoms with Crippen molar-refractivity contribution in [1.82, 2.24) is 15.3 Å². The molecule has 0 spiro atoms. The van der Waals surface area contributed by atoms with Crippen molar-refractivity contribution in [2.45, 2.75) is 45.1 Å². The molecule has 1 aliphatic carbocycles. The Hall–Kier alpha value is -2.14. The van der Waals surface area contributed by atoms with Crippen molar-refractivity contribution in [3.8, 4) is 0 Å². The van der Waals surface area contributed by atoms with Gasteiger partial charge < -0.3 is 10.3 Å². The van der Waals surface area contributed by atoms with E-state index in [2.05, 4.69) is 15.3 Å². The maximum atomic E-state index is 12.5. The van der Waals surface area contributed by atoms with E-state index in [-0.39, 0.29) is 23.1 Å². The van der Waals surface area contributed by atoms with Gasteiger partial charge in [0.15, 0.2) is 0 Å². The van der Waals surface area contributed by atoms with Crippen LogP contribution in [0, 0.1) is 0 Å². The number of carbonyl (C=O) groups is 1. The van der Waals surface area contributed by atoms with Crippen molar-refractivity contribution in [3.05, 3.63) is 62.3 Å². The van der Waals surface area contributed by atoms with Gasteiger partial charge >= 0.3 is 0 Å². The van der Waals surface area contributed by atoms with Gasteiger partial charge in [-0.15, -0.1) is 0 Å². The van der Waals surface area contributed by atoms with Crippen LogP contribution in [-0.4, -0.2) is 15.9 Å². The largest absolute Gasteiger partial charge is 0.344 e. The molecular formula is C18H20ClN3O2. The first-order valence-corrected chi connectivity index (χ1v) is 8.60. The molecule has 1 atom stereocenters. The van der Waals surface area contributed by atoms with Crippen molar-refractivity contribution in [2.24, 2.45) is 0 Å². The van der Waals surface area contributed by atoms with Gasteiger partial charge in [0.1, 0.15) is 5.56 Å².